The Balaban J connectivity index is 1.53. The molecule has 0 N–H and O–H groups in total. The van der Waals surface area contributed by atoms with Gasteiger partial charge >= 0.3 is 0 Å². The zero-order valence-corrected chi connectivity index (χ0v) is 18.0. The first-order valence-corrected chi connectivity index (χ1v) is 10.5. The van der Waals surface area contributed by atoms with Crippen molar-refractivity contribution in [1.29, 1.82) is 0 Å². The van der Waals surface area contributed by atoms with Crippen LogP contribution < -0.4 is 4.74 Å². The molecule has 0 radical (unpaired) electrons. The minimum absolute atomic E-state index is 0.446. The van der Waals surface area contributed by atoms with Gasteiger partial charge in [-0.1, -0.05) is 29.4 Å². The van der Waals surface area contributed by atoms with Crippen LogP contribution in [0.1, 0.15) is 28.1 Å². The van der Waals surface area contributed by atoms with Crippen molar-refractivity contribution < 1.29 is 4.74 Å². The van der Waals surface area contributed by atoms with E-state index >= 15 is 0 Å². The van der Waals surface area contributed by atoms with Crippen molar-refractivity contribution >= 4 is 29.1 Å². The van der Waals surface area contributed by atoms with E-state index in [-0.39, 0.29) is 0 Å². The van der Waals surface area contributed by atoms with Crippen LogP contribution in [0.25, 0.3) is 5.78 Å². The highest BCUT2D eigenvalue weighted by Gasteiger charge is 2.13. The summed E-state index contributed by atoms with van der Waals surface area (Å²) in [5.41, 5.74) is 5.15. The van der Waals surface area contributed by atoms with Crippen molar-refractivity contribution in [1.82, 2.24) is 24.6 Å². The van der Waals surface area contributed by atoms with Crippen LogP contribution >= 0.6 is 23.4 Å². The SMILES string of the molecule is Cc1nc2nc(SCc3cc(Cl)ccc3OCc3cccnc3)nn2c(C)c1C. The number of hydrogen-bond donors (Lipinski definition) is 0. The molecule has 3 aromatic heterocycles. The summed E-state index contributed by atoms with van der Waals surface area (Å²) in [6.07, 6.45) is 3.54. The molecule has 0 amide bonds. The molecule has 0 saturated carbocycles. The fourth-order valence-corrected chi connectivity index (χ4v) is 3.88. The molecule has 0 fully saturated rings. The van der Waals surface area contributed by atoms with Crippen LogP contribution in [0.15, 0.2) is 47.9 Å². The Morgan fingerprint density at radius 3 is 2.79 bits per heavy atom. The third-order valence-electron chi connectivity index (χ3n) is 4.74. The van der Waals surface area contributed by atoms with Gasteiger partial charge in [0.15, 0.2) is 0 Å². The predicted molar refractivity (Wildman–Crippen MR) is 115 cm³/mol. The highest BCUT2D eigenvalue weighted by molar-refractivity contribution is 7.98. The van der Waals surface area contributed by atoms with Crippen molar-refractivity contribution in [2.24, 2.45) is 0 Å². The molecular formula is C21H20ClN5OS. The van der Waals surface area contributed by atoms with E-state index in [0.29, 0.717) is 28.3 Å². The lowest BCUT2D eigenvalue weighted by molar-refractivity contribution is 0.303. The van der Waals surface area contributed by atoms with Gasteiger partial charge in [0.05, 0.1) is 0 Å². The third-order valence-corrected chi connectivity index (χ3v) is 5.86. The van der Waals surface area contributed by atoms with Crippen molar-refractivity contribution in [3.8, 4) is 5.75 Å². The highest BCUT2D eigenvalue weighted by Crippen LogP contribution is 2.30. The summed E-state index contributed by atoms with van der Waals surface area (Å²) >= 11 is 7.75. The van der Waals surface area contributed by atoms with E-state index in [9.17, 15) is 0 Å². The van der Waals surface area contributed by atoms with E-state index in [2.05, 4.69) is 20.1 Å². The van der Waals surface area contributed by atoms with Crippen molar-refractivity contribution in [3.05, 3.63) is 75.8 Å². The molecule has 148 valence electrons. The molecule has 0 aliphatic carbocycles. The van der Waals surface area contributed by atoms with Crippen LogP contribution in [0, 0.1) is 20.8 Å². The van der Waals surface area contributed by atoms with Gasteiger partial charge < -0.3 is 4.74 Å². The van der Waals surface area contributed by atoms with Gasteiger partial charge in [0.1, 0.15) is 12.4 Å². The minimum atomic E-state index is 0.446. The first-order valence-electron chi connectivity index (χ1n) is 9.15. The van der Waals surface area contributed by atoms with Gasteiger partial charge in [0, 0.05) is 45.7 Å². The second-order valence-corrected chi connectivity index (χ2v) is 8.08. The number of halogens is 1. The Bertz CT molecular complexity index is 1160. The number of rotatable bonds is 6. The van der Waals surface area contributed by atoms with Crippen LogP contribution in [0.4, 0.5) is 0 Å². The van der Waals surface area contributed by atoms with Gasteiger partial charge in [-0.2, -0.15) is 4.98 Å². The lowest BCUT2D eigenvalue weighted by Gasteiger charge is -2.11. The summed E-state index contributed by atoms with van der Waals surface area (Å²) in [7, 11) is 0. The van der Waals surface area contributed by atoms with E-state index in [1.807, 2.05) is 51.1 Å². The van der Waals surface area contributed by atoms with Crippen molar-refractivity contribution in [3.63, 3.8) is 0 Å². The molecule has 29 heavy (non-hydrogen) atoms. The first kappa shape index (κ1) is 19.7. The van der Waals surface area contributed by atoms with Crippen LogP contribution in [-0.2, 0) is 12.4 Å². The van der Waals surface area contributed by atoms with Gasteiger partial charge in [0.25, 0.3) is 5.78 Å². The lowest BCUT2D eigenvalue weighted by Crippen LogP contribution is -2.02. The number of ether oxygens (including phenoxy) is 1. The zero-order valence-electron chi connectivity index (χ0n) is 16.4. The Morgan fingerprint density at radius 1 is 1.14 bits per heavy atom. The molecule has 0 saturated heterocycles. The van der Waals surface area contributed by atoms with Crippen molar-refractivity contribution in [2.45, 2.75) is 38.3 Å². The molecule has 0 spiro atoms. The highest BCUT2D eigenvalue weighted by atomic mass is 35.5. The smallest absolute Gasteiger partial charge is 0.253 e. The maximum Gasteiger partial charge on any atom is 0.253 e. The molecule has 0 bridgehead atoms. The second kappa shape index (κ2) is 8.39. The van der Waals surface area contributed by atoms with Gasteiger partial charge in [-0.25, -0.2) is 9.50 Å². The Labute approximate surface area is 178 Å². The summed E-state index contributed by atoms with van der Waals surface area (Å²) in [5, 5.41) is 5.94. The number of fused-ring (bicyclic) bond motifs is 1. The molecule has 4 rings (SSSR count). The number of pyridine rings is 1. The Kier molecular flexibility index (Phi) is 5.69. The fraction of sp³-hybridized carbons (Fsp3) is 0.238. The van der Waals surface area contributed by atoms with Gasteiger partial charge in [-0.3, -0.25) is 4.98 Å². The number of nitrogens with zero attached hydrogens (tertiary/aromatic N) is 5. The average Bonchev–Trinajstić information content (AvgIpc) is 3.13. The molecule has 6 nitrogen and oxygen atoms in total. The number of aromatic nitrogens is 5. The first-order chi connectivity index (χ1) is 14.0. The summed E-state index contributed by atoms with van der Waals surface area (Å²) in [4.78, 5) is 13.2. The Hall–Kier alpha value is -2.64. The lowest BCUT2D eigenvalue weighted by atomic mass is 10.2. The van der Waals surface area contributed by atoms with Gasteiger partial charge in [0.2, 0.25) is 5.16 Å². The summed E-state index contributed by atoms with van der Waals surface area (Å²) < 4.78 is 7.80. The van der Waals surface area contributed by atoms with E-state index in [1.54, 1.807) is 16.9 Å². The predicted octanol–water partition coefficient (Wildman–Crippen LogP) is 4.97. The molecule has 0 unspecified atom stereocenters. The molecule has 0 aliphatic rings. The van der Waals surface area contributed by atoms with Crippen molar-refractivity contribution in [2.75, 3.05) is 0 Å². The fourth-order valence-electron chi connectivity index (χ4n) is 2.89. The largest absolute Gasteiger partial charge is 0.489 e. The zero-order chi connectivity index (χ0) is 20.4. The van der Waals surface area contributed by atoms with Gasteiger partial charge in [-0.15, -0.1) is 5.10 Å². The topological polar surface area (TPSA) is 65.2 Å². The quantitative estimate of drug-likeness (QED) is 0.406. The number of hydrogen-bond acceptors (Lipinski definition) is 6. The maximum atomic E-state index is 6.22. The second-order valence-electron chi connectivity index (χ2n) is 6.70. The molecule has 8 heteroatoms. The van der Waals surface area contributed by atoms with Crippen LogP contribution in [0.5, 0.6) is 5.75 Å². The average molecular weight is 426 g/mol. The summed E-state index contributed by atoms with van der Waals surface area (Å²) in [5.74, 6) is 2.04. The number of aryl methyl sites for hydroxylation is 2. The third kappa shape index (κ3) is 4.36. The normalized spacial score (nSPS) is 11.2. The Morgan fingerprint density at radius 2 is 2.00 bits per heavy atom. The van der Waals surface area contributed by atoms with E-state index in [1.165, 1.54) is 11.8 Å². The standard InChI is InChI=1S/C21H20ClN5OS/c1-13-14(2)24-20-25-21(26-27(20)15(13)3)29-12-17-9-18(22)6-7-19(17)28-11-16-5-4-8-23-10-16/h4-10H,11-12H2,1-3H3. The van der Waals surface area contributed by atoms with E-state index in [0.717, 1.165) is 33.8 Å². The maximum absolute atomic E-state index is 6.22. The van der Waals surface area contributed by atoms with Crippen LogP contribution in [-0.4, -0.2) is 24.6 Å². The molecule has 0 aliphatic heterocycles. The number of benzene rings is 1. The summed E-state index contributed by atoms with van der Waals surface area (Å²) in [6.45, 7) is 6.51. The molecular weight excluding hydrogens is 406 g/mol. The van der Waals surface area contributed by atoms with E-state index < -0.39 is 0 Å². The minimum Gasteiger partial charge on any atom is -0.489 e. The van der Waals surface area contributed by atoms with Crippen LogP contribution in [0.3, 0.4) is 0 Å². The monoisotopic (exact) mass is 425 g/mol. The molecule has 1 aromatic carbocycles. The number of thioether (sulfide) groups is 1. The molecule has 3 heterocycles. The van der Waals surface area contributed by atoms with Gasteiger partial charge in [-0.05, 0) is 50.6 Å². The van der Waals surface area contributed by atoms with E-state index in [4.69, 9.17) is 16.3 Å². The molecule has 0 atom stereocenters. The van der Waals surface area contributed by atoms with Crippen LogP contribution in [0.2, 0.25) is 5.02 Å². The summed E-state index contributed by atoms with van der Waals surface area (Å²) in [6, 6.07) is 9.52. The molecule has 4 aromatic rings.